The standard InChI is InChI=1S/C25H40O5/c1-15-8-9-20-19(21(15)23(28)29-14-18(13-26)30-17(3)27)12-16(2)22-24(4,5)10-7-11-25(20,22)6/h8-9,15-16,18-22,26H,7,10-14H2,1-6H3/t15?,16-,18-,19?,20?,21-,22?,25-/m0/s1. The molecule has 0 aromatic carbocycles. The van der Waals surface area contributed by atoms with E-state index in [0.717, 1.165) is 6.42 Å². The van der Waals surface area contributed by atoms with Crippen molar-refractivity contribution in [2.24, 2.45) is 46.3 Å². The Kier molecular flexibility index (Phi) is 6.71. The molecule has 0 amide bonds. The second kappa shape index (κ2) is 8.64. The molecule has 0 spiro atoms. The van der Waals surface area contributed by atoms with Crippen LogP contribution in [0.4, 0.5) is 0 Å². The van der Waals surface area contributed by atoms with Crippen molar-refractivity contribution in [3.05, 3.63) is 12.2 Å². The largest absolute Gasteiger partial charge is 0.461 e. The van der Waals surface area contributed by atoms with Crippen LogP contribution in [0.1, 0.15) is 67.2 Å². The summed E-state index contributed by atoms with van der Waals surface area (Å²) in [6.07, 6.45) is 8.58. The Morgan fingerprint density at radius 2 is 1.87 bits per heavy atom. The molecule has 30 heavy (non-hydrogen) atoms. The van der Waals surface area contributed by atoms with Crippen LogP contribution in [0.3, 0.4) is 0 Å². The highest BCUT2D eigenvalue weighted by molar-refractivity contribution is 5.74. The van der Waals surface area contributed by atoms with Crippen LogP contribution >= 0.6 is 0 Å². The summed E-state index contributed by atoms with van der Waals surface area (Å²) in [7, 11) is 0. The van der Waals surface area contributed by atoms with E-state index in [0.29, 0.717) is 23.2 Å². The van der Waals surface area contributed by atoms with E-state index in [1.807, 2.05) is 0 Å². The van der Waals surface area contributed by atoms with Gasteiger partial charge in [0.2, 0.25) is 0 Å². The molecule has 0 aromatic heterocycles. The average molecular weight is 421 g/mol. The van der Waals surface area contributed by atoms with Gasteiger partial charge in [0.05, 0.1) is 12.5 Å². The number of aliphatic hydroxyl groups is 1. The molecule has 5 heteroatoms. The summed E-state index contributed by atoms with van der Waals surface area (Å²) in [5, 5.41) is 9.40. The molecule has 2 saturated carbocycles. The number of fused-ring (bicyclic) bond motifs is 3. The van der Waals surface area contributed by atoms with Crippen molar-refractivity contribution in [1.29, 1.82) is 0 Å². The molecule has 0 saturated heterocycles. The number of aliphatic hydroxyl groups excluding tert-OH is 1. The number of carbonyl (C=O) groups is 2. The maximum Gasteiger partial charge on any atom is 0.309 e. The molecule has 8 atom stereocenters. The van der Waals surface area contributed by atoms with Crippen molar-refractivity contribution in [2.75, 3.05) is 13.2 Å². The number of hydrogen-bond acceptors (Lipinski definition) is 5. The lowest BCUT2D eigenvalue weighted by Gasteiger charge is -2.63. The molecule has 5 nitrogen and oxygen atoms in total. The number of esters is 2. The van der Waals surface area contributed by atoms with Crippen molar-refractivity contribution in [1.82, 2.24) is 0 Å². The van der Waals surface area contributed by atoms with Gasteiger partial charge in [0.25, 0.3) is 0 Å². The first-order chi connectivity index (χ1) is 14.0. The van der Waals surface area contributed by atoms with Gasteiger partial charge >= 0.3 is 11.9 Å². The molecule has 0 heterocycles. The van der Waals surface area contributed by atoms with E-state index in [1.54, 1.807) is 0 Å². The van der Waals surface area contributed by atoms with E-state index >= 15 is 0 Å². The Morgan fingerprint density at radius 3 is 2.50 bits per heavy atom. The fourth-order valence-electron chi connectivity index (χ4n) is 7.68. The van der Waals surface area contributed by atoms with Crippen LogP contribution in [-0.2, 0) is 19.1 Å². The molecule has 0 aliphatic heterocycles. The molecule has 3 aliphatic rings. The Labute approximate surface area is 181 Å². The number of carbonyl (C=O) groups excluding carboxylic acids is 2. The van der Waals surface area contributed by atoms with E-state index in [-0.39, 0.29) is 42.4 Å². The fraction of sp³-hybridized carbons (Fsp3) is 0.840. The predicted molar refractivity (Wildman–Crippen MR) is 115 cm³/mol. The van der Waals surface area contributed by atoms with Crippen LogP contribution in [0.15, 0.2) is 12.2 Å². The molecular formula is C25H40O5. The van der Waals surface area contributed by atoms with E-state index in [9.17, 15) is 14.7 Å². The van der Waals surface area contributed by atoms with Crippen LogP contribution in [0.25, 0.3) is 0 Å². The average Bonchev–Trinajstić information content (AvgIpc) is 2.63. The van der Waals surface area contributed by atoms with Gasteiger partial charge in [-0.1, -0.05) is 53.2 Å². The molecule has 3 rings (SSSR count). The predicted octanol–water partition coefficient (Wildman–Crippen LogP) is 4.38. The van der Waals surface area contributed by atoms with Crippen LogP contribution < -0.4 is 0 Å². The smallest absolute Gasteiger partial charge is 0.309 e. The Hall–Kier alpha value is -1.36. The lowest BCUT2D eigenvalue weighted by Crippen LogP contribution is -2.57. The summed E-state index contributed by atoms with van der Waals surface area (Å²) in [4.78, 5) is 24.4. The van der Waals surface area contributed by atoms with Gasteiger partial charge in [-0.25, -0.2) is 0 Å². The van der Waals surface area contributed by atoms with Gasteiger partial charge in [-0.15, -0.1) is 0 Å². The Balaban J connectivity index is 1.81. The lowest BCUT2D eigenvalue weighted by atomic mass is 9.42. The monoisotopic (exact) mass is 420 g/mol. The zero-order chi connectivity index (χ0) is 22.3. The van der Waals surface area contributed by atoms with Crippen molar-refractivity contribution in [3.63, 3.8) is 0 Å². The molecule has 170 valence electrons. The maximum absolute atomic E-state index is 13.2. The highest BCUT2D eigenvalue weighted by atomic mass is 16.6. The fourth-order valence-corrected chi connectivity index (χ4v) is 7.68. The van der Waals surface area contributed by atoms with E-state index < -0.39 is 12.1 Å². The van der Waals surface area contributed by atoms with Crippen molar-refractivity contribution in [2.45, 2.75) is 73.3 Å². The van der Waals surface area contributed by atoms with Crippen LogP contribution in [0.2, 0.25) is 0 Å². The first-order valence-electron chi connectivity index (χ1n) is 11.6. The van der Waals surface area contributed by atoms with Gasteiger partial charge in [-0.3, -0.25) is 9.59 Å². The first-order valence-corrected chi connectivity index (χ1v) is 11.6. The molecular weight excluding hydrogens is 380 g/mol. The molecule has 1 N–H and O–H groups in total. The van der Waals surface area contributed by atoms with Gasteiger partial charge in [0.15, 0.2) is 6.10 Å². The second-order valence-electron chi connectivity index (χ2n) is 11.0. The van der Waals surface area contributed by atoms with Crippen LogP contribution in [0.5, 0.6) is 0 Å². The zero-order valence-corrected chi connectivity index (χ0v) is 19.5. The summed E-state index contributed by atoms with van der Waals surface area (Å²) in [6.45, 7) is 12.6. The topological polar surface area (TPSA) is 72.8 Å². The SMILES string of the molecule is CC(=O)O[C@@H](CO)COC(=O)[C@H]1C(C)C=CC2C1C[C@H](C)C1C(C)(C)CCC[C@@]21C. The normalized spacial score (nSPS) is 40.6. The minimum Gasteiger partial charge on any atom is -0.461 e. The van der Waals surface area contributed by atoms with E-state index in [1.165, 1.54) is 26.2 Å². The third kappa shape index (κ3) is 4.19. The minimum absolute atomic E-state index is 0.0955. The molecule has 0 aromatic rings. The number of allylic oxidation sites excluding steroid dienone is 2. The summed E-state index contributed by atoms with van der Waals surface area (Å²) in [6, 6.07) is 0. The van der Waals surface area contributed by atoms with Gasteiger partial charge in [-0.05, 0) is 59.7 Å². The first kappa shape index (κ1) is 23.3. The van der Waals surface area contributed by atoms with Crippen LogP contribution in [-0.4, -0.2) is 36.4 Å². The van der Waals surface area contributed by atoms with Crippen molar-refractivity contribution < 1.29 is 24.2 Å². The molecule has 3 aliphatic carbocycles. The van der Waals surface area contributed by atoms with E-state index in [2.05, 4.69) is 46.8 Å². The van der Waals surface area contributed by atoms with E-state index in [4.69, 9.17) is 9.47 Å². The van der Waals surface area contributed by atoms with Gasteiger partial charge in [0, 0.05) is 6.92 Å². The third-order valence-electron chi connectivity index (χ3n) is 8.39. The summed E-state index contributed by atoms with van der Waals surface area (Å²) < 4.78 is 10.6. The maximum atomic E-state index is 13.2. The molecule has 0 radical (unpaired) electrons. The summed E-state index contributed by atoms with van der Waals surface area (Å²) in [5.74, 6) is 1.07. The Morgan fingerprint density at radius 1 is 1.17 bits per heavy atom. The van der Waals surface area contributed by atoms with Crippen LogP contribution in [0, 0.1) is 46.3 Å². The summed E-state index contributed by atoms with van der Waals surface area (Å²) in [5.41, 5.74) is 0.521. The minimum atomic E-state index is -0.803. The van der Waals surface area contributed by atoms with Gasteiger partial charge < -0.3 is 14.6 Å². The van der Waals surface area contributed by atoms with Crippen molar-refractivity contribution >= 4 is 11.9 Å². The number of rotatable bonds is 5. The Bertz CT molecular complexity index is 683. The summed E-state index contributed by atoms with van der Waals surface area (Å²) >= 11 is 0. The highest BCUT2D eigenvalue weighted by Gasteiger charge is 2.59. The van der Waals surface area contributed by atoms with Gasteiger partial charge in [0.1, 0.15) is 6.61 Å². The third-order valence-corrected chi connectivity index (χ3v) is 8.39. The number of hydrogen-bond donors (Lipinski definition) is 1. The molecule has 4 unspecified atom stereocenters. The molecule has 0 bridgehead atoms. The second-order valence-corrected chi connectivity index (χ2v) is 11.0. The lowest BCUT2D eigenvalue weighted by molar-refractivity contribution is -0.171. The van der Waals surface area contributed by atoms with Gasteiger partial charge in [-0.2, -0.15) is 0 Å². The zero-order valence-electron chi connectivity index (χ0n) is 19.5. The van der Waals surface area contributed by atoms with Crippen molar-refractivity contribution in [3.8, 4) is 0 Å². The number of ether oxygens (including phenoxy) is 2. The quantitative estimate of drug-likeness (QED) is 0.528. The molecule has 2 fully saturated rings. The highest BCUT2D eigenvalue weighted by Crippen LogP contribution is 2.65.